The molecule has 2 rings (SSSR count). The fourth-order valence-corrected chi connectivity index (χ4v) is 2.07. The average molecular weight is 260 g/mol. The summed E-state index contributed by atoms with van der Waals surface area (Å²) in [5.41, 5.74) is 1.28. The maximum atomic E-state index is 11.8. The third-order valence-corrected chi connectivity index (χ3v) is 3.18. The van der Waals surface area contributed by atoms with E-state index in [9.17, 15) is 4.79 Å². The number of aromatic amines is 1. The van der Waals surface area contributed by atoms with E-state index in [0.29, 0.717) is 12.2 Å². The number of amides is 1. The number of H-pyrrole nitrogens is 1. The second-order valence-corrected chi connectivity index (χ2v) is 4.83. The van der Waals surface area contributed by atoms with Crippen LogP contribution >= 0.6 is 0 Å². The summed E-state index contributed by atoms with van der Waals surface area (Å²) in [6, 6.07) is 4.31. The molecule has 5 heteroatoms. The first-order valence-electron chi connectivity index (χ1n) is 6.53. The monoisotopic (exact) mass is 260 g/mol. The molecule has 1 amide bonds. The van der Waals surface area contributed by atoms with Crippen molar-refractivity contribution in [3.8, 4) is 0 Å². The van der Waals surface area contributed by atoms with Gasteiger partial charge < -0.3 is 14.9 Å². The summed E-state index contributed by atoms with van der Waals surface area (Å²) < 4.78 is 2.11. The van der Waals surface area contributed by atoms with Crippen LogP contribution in [0.15, 0.2) is 30.7 Å². The molecule has 2 heterocycles. The first-order chi connectivity index (χ1) is 9.15. The summed E-state index contributed by atoms with van der Waals surface area (Å²) in [5.74, 6) is 0.710. The number of hydrogen-bond acceptors (Lipinski definition) is 2. The SMILES string of the molecule is CC(CCc1cccn1C)NC(=O)Cc1ncc[nH]1. The highest BCUT2D eigenvalue weighted by molar-refractivity contribution is 5.77. The molecule has 2 N–H and O–H groups in total. The Morgan fingerprint density at radius 1 is 1.58 bits per heavy atom. The first kappa shape index (κ1) is 13.4. The van der Waals surface area contributed by atoms with Crippen molar-refractivity contribution in [1.29, 1.82) is 0 Å². The minimum atomic E-state index is 0.00864. The summed E-state index contributed by atoms with van der Waals surface area (Å²) >= 11 is 0. The first-order valence-corrected chi connectivity index (χ1v) is 6.53. The van der Waals surface area contributed by atoms with Gasteiger partial charge in [-0.1, -0.05) is 0 Å². The van der Waals surface area contributed by atoms with E-state index in [0.717, 1.165) is 12.8 Å². The molecule has 5 nitrogen and oxygen atoms in total. The Balaban J connectivity index is 1.73. The van der Waals surface area contributed by atoms with Gasteiger partial charge in [0.25, 0.3) is 0 Å². The van der Waals surface area contributed by atoms with Gasteiger partial charge in [0.2, 0.25) is 5.91 Å². The molecule has 0 saturated carbocycles. The lowest BCUT2D eigenvalue weighted by molar-refractivity contribution is -0.121. The molecule has 2 aromatic heterocycles. The molecule has 0 bridgehead atoms. The highest BCUT2D eigenvalue weighted by Crippen LogP contribution is 2.05. The van der Waals surface area contributed by atoms with Crippen molar-refractivity contribution in [3.63, 3.8) is 0 Å². The molecule has 102 valence electrons. The zero-order valence-electron chi connectivity index (χ0n) is 11.4. The van der Waals surface area contributed by atoms with Gasteiger partial charge in [-0.25, -0.2) is 4.98 Å². The maximum absolute atomic E-state index is 11.8. The number of carbonyl (C=O) groups is 1. The van der Waals surface area contributed by atoms with Crippen molar-refractivity contribution in [2.75, 3.05) is 0 Å². The Bertz CT molecular complexity index is 515. The molecular formula is C14H20N4O. The Morgan fingerprint density at radius 3 is 3.05 bits per heavy atom. The van der Waals surface area contributed by atoms with Gasteiger partial charge in [-0.2, -0.15) is 0 Å². The summed E-state index contributed by atoms with van der Waals surface area (Å²) in [5, 5.41) is 2.99. The summed E-state index contributed by atoms with van der Waals surface area (Å²) in [4.78, 5) is 18.7. The molecule has 1 unspecified atom stereocenters. The number of carbonyl (C=O) groups excluding carboxylic acids is 1. The van der Waals surface area contributed by atoms with Gasteiger partial charge in [-0.3, -0.25) is 4.79 Å². The summed E-state index contributed by atoms with van der Waals surface area (Å²) in [6.45, 7) is 2.03. The van der Waals surface area contributed by atoms with Gasteiger partial charge in [-0.15, -0.1) is 0 Å². The van der Waals surface area contributed by atoms with Crippen molar-refractivity contribution >= 4 is 5.91 Å². The molecule has 0 radical (unpaired) electrons. The standard InChI is InChI=1S/C14H20N4O/c1-11(5-6-12-4-3-9-18(12)2)17-14(19)10-13-15-7-8-16-13/h3-4,7-9,11H,5-6,10H2,1-2H3,(H,15,16)(H,17,19). The quantitative estimate of drug-likeness (QED) is 0.825. The molecular weight excluding hydrogens is 240 g/mol. The zero-order valence-corrected chi connectivity index (χ0v) is 11.4. The van der Waals surface area contributed by atoms with Gasteiger partial charge >= 0.3 is 0 Å². The van der Waals surface area contributed by atoms with E-state index >= 15 is 0 Å². The van der Waals surface area contributed by atoms with E-state index in [1.165, 1.54) is 5.69 Å². The number of imidazole rings is 1. The van der Waals surface area contributed by atoms with Crippen molar-refractivity contribution < 1.29 is 4.79 Å². The van der Waals surface area contributed by atoms with Crippen LogP contribution in [0.5, 0.6) is 0 Å². The lowest BCUT2D eigenvalue weighted by atomic mass is 10.1. The third kappa shape index (κ3) is 3.98. The second kappa shape index (κ2) is 6.22. The Morgan fingerprint density at radius 2 is 2.42 bits per heavy atom. The van der Waals surface area contributed by atoms with Gasteiger partial charge in [0, 0.05) is 37.4 Å². The number of aryl methyl sites for hydroxylation is 2. The van der Waals surface area contributed by atoms with Crippen molar-refractivity contribution in [2.45, 2.75) is 32.2 Å². The topological polar surface area (TPSA) is 62.7 Å². The normalized spacial score (nSPS) is 12.3. The third-order valence-electron chi connectivity index (χ3n) is 3.18. The van der Waals surface area contributed by atoms with E-state index in [1.54, 1.807) is 12.4 Å². The highest BCUT2D eigenvalue weighted by Gasteiger charge is 2.10. The molecule has 0 fully saturated rings. The summed E-state index contributed by atoms with van der Waals surface area (Å²) in [7, 11) is 2.04. The van der Waals surface area contributed by atoms with Crippen molar-refractivity contribution in [2.24, 2.45) is 7.05 Å². The van der Waals surface area contributed by atoms with Crippen molar-refractivity contribution in [3.05, 3.63) is 42.2 Å². The largest absolute Gasteiger partial charge is 0.354 e. The molecule has 0 spiro atoms. The molecule has 0 aliphatic heterocycles. The van der Waals surface area contributed by atoms with E-state index in [1.807, 2.05) is 26.2 Å². The van der Waals surface area contributed by atoms with Crippen molar-refractivity contribution in [1.82, 2.24) is 19.9 Å². The van der Waals surface area contributed by atoms with Crippen LogP contribution in [0.25, 0.3) is 0 Å². The van der Waals surface area contributed by atoms with Crippen LogP contribution in [0.2, 0.25) is 0 Å². The number of nitrogens with zero attached hydrogens (tertiary/aromatic N) is 2. The highest BCUT2D eigenvalue weighted by atomic mass is 16.1. The number of nitrogens with one attached hydrogen (secondary N) is 2. The van der Waals surface area contributed by atoms with Gasteiger partial charge in [-0.05, 0) is 31.9 Å². The lowest BCUT2D eigenvalue weighted by Crippen LogP contribution is -2.34. The van der Waals surface area contributed by atoms with Crippen LogP contribution in [0.4, 0.5) is 0 Å². The minimum absolute atomic E-state index is 0.00864. The molecule has 2 aromatic rings. The van der Waals surface area contributed by atoms with E-state index in [2.05, 4.69) is 25.9 Å². The van der Waals surface area contributed by atoms with Crippen LogP contribution in [0.3, 0.4) is 0 Å². The molecule has 0 aromatic carbocycles. The van der Waals surface area contributed by atoms with E-state index in [-0.39, 0.29) is 11.9 Å². The Hall–Kier alpha value is -2.04. The summed E-state index contributed by atoms with van der Waals surface area (Å²) in [6.07, 6.45) is 7.62. The van der Waals surface area contributed by atoms with Gasteiger partial charge in [0.1, 0.15) is 5.82 Å². The van der Waals surface area contributed by atoms with Crippen LogP contribution in [0.1, 0.15) is 24.9 Å². The predicted molar refractivity (Wildman–Crippen MR) is 73.6 cm³/mol. The van der Waals surface area contributed by atoms with Gasteiger partial charge in [0.15, 0.2) is 0 Å². The van der Waals surface area contributed by atoms with Gasteiger partial charge in [0.05, 0.1) is 6.42 Å². The number of rotatable bonds is 6. The van der Waals surface area contributed by atoms with E-state index < -0.39 is 0 Å². The lowest BCUT2D eigenvalue weighted by Gasteiger charge is -2.13. The zero-order chi connectivity index (χ0) is 13.7. The molecule has 1 atom stereocenters. The average Bonchev–Trinajstić information content (AvgIpc) is 2.98. The van der Waals surface area contributed by atoms with Crippen LogP contribution in [0, 0.1) is 0 Å². The fraction of sp³-hybridized carbons (Fsp3) is 0.429. The van der Waals surface area contributed by atoms with Crippen LogP contribution < -0.4 is 5.32 Å². The number of hydrogen-bond donors (Lipinski definition) is 2. The Labute approximate surface area is 113 Å². The molecule has 19 heavy (non-hydrogen) atoms. The molecule has 0 aliphatic rings. The van der Waals surface area contributed by atoms with Crippen LogP contribution in [-0.2, 0) is 24.7 Å². The number of aromatic nitrogens is 3. The maximum Gasteiger partial charge on any atom is 0.227 e. The Kier molecular flexibility index (Phi) is 4.39. The minimum Gasteiger partial charge on any atom is -0.354 e. The van der Waals surface area contributed by atoms with Crippen LogP contribution in [-0.4, -0.2) is 26.5 Å². The fourth-order valence-electron chi connectivity index (χ4n) is 2.07. The molecule has 0 aliphatic carbocycles. The smallest absolute Gasteiger partial charge is 0.227 e. The molecule has 0 saturated heterocycles. The second-order valence-electron chi connectivity index (χ2n) is 4.83. The predicted octanol–water partition coefficient (Wildman–Crippen LogP) is 1.43. The van der Waals surface area contributed by atoms with E-state index in [4.69, 9.17) is 0 Å².